The van der Waals surface area contributed by atoms with Crippen LogP contribution in [0.15, 0.2) is 60.9 Å². The third-order valence-corrected chi connectivity index (χ3v) is 6.56. The van der Waals surface area contributed by atoms with E-state index in [1.54, 1.807) is 0 Å². The highest BCUT2D eigenvalue weighted by Crippen LogP contribution is 2.43. The number of benzene rings is 1. The minimum Gasteiger partial charge on any atom is -0.378 e. The van der Waals surface area contributed by atoms with Crippen LogP contribution in [0.25, 0.3) is 16.8 Å². The molecule has 0 amide bonds. The lowest BCUT2D eigenvalue weighted by Gasteiger charge is -2.27. The second kappa shape index (κ2) is 7.73. The Balaban J connectivity index is 1.38. The van der Waals surface area contributed by atoms with Crippen molar-refractivity contribution >= 4 is 11.5 Å². The molecule has 2 atom stereocenters. The molecule has 0 N–H and O–H groups in total. The number of pyridine rings is 2. The van der Waals surface area contributed by atoms with Crippen molar-refractivity contribution in [2.75, 3.05) is 31.2 Å². The summed E-state index contributed by atoms with van der Waals surface area (Å²) >= 11 is 0. The molecule has 3 aromatic heterocycles. The summed E-state index contributed by atoms with van der Waals surface area (Å²) in [4.78, 5) is 11.8. The molecule has 4 aromatic rings. The maximum atomic E-state index is 6.40. The smallest absolute Gasteiger partial charge is 0.137 e. The molecule has 0 saturated carbocycles. The van der Waals surface area contributed by atoms with E-state index in [4.69, 9.17) is 19.4 Å². The van der Waals surface area contributed by atoms with Gasteiger partial charge in [0.05, 0.1) is 30.7 Å². The molecule has 1 saturated heterocycles. The maximum Gasteiger partial charge on any atom is 0.137 e. The second-order valence-corrected chi connectivity index (χ2v) is 8.52. The van der Waals surface area contributed by atoms with Gasteiger partial charge in [-0.2, -0.15) is 0 Å². The number of hydrogen-bond donors (Lipinski definition) is 0. The quantitative estimate of drug-likeness (QED) is 0.474. The Bertz CT molecular complexity index is 1270. The van der Waals surface area contributed by atoms with E-state index in [0.717, 1.165) is 60.3 Å². The van der Waals surface area contributed by atoms with Crippen LogP contribution in [0.2, 0.25) is 0 Å². The fourth-order valence-corrected chi connectivity index (χ4v) is 4.89. The SMILES string of the molecule is Cc1nc2ccc(-c3ccc(N4CCOCC4)nc3)cn2c1[C@H]1O[C@@H](C)c2ccccc21. The number of rotatable bonds is 3. The van der Waals surface area contributed by atoms with Crippen LogP contribution < -0.4 is 4.90 Å². The average molecular weight is 427 g/mol. The molecule has 162 valence electrons. The summed E-state index contributed by atoms with van der Waals surface area (Å²) in [5.74, 6) is 1.00. The normalized spacial score (nSPS) is 20.6. The highest BCUT2D eigenvalue weighted by atomic mass is 16.5. The Hall–Kier alpha value is -3.22. The Morgan fingerprint density at radius 2 is 1.72 bits per heavy atom. The van der Waals surface area contributed by atoms with Crippen molar-refractivity contribution < 1.29 is 9.47 Å². The number of aromatic nitrogens is 3. The van der Waals surface area contributed by atoms with Crippen molar-refractivity contribution in [3.8, 4) is 11.1 Å². The summed E-state index contributed by atoms with van der Waals surface area (Å²) in [5, 5.41) is 0. The summed E-state index contributed by atoms with van der Waals surface area (Å²) in [7, 11) is 0. The molecular formula is C26H26N4O2. The highest BCUT2D eigenvalue weighted by molar-refractivity contribution is 5.66. The zero-order chi connectivity index (χ0) is 21.7. The summed E-state index contributed by atoms with van der Waals surface area (Å²) < 4.78 is 14.0. The number of anilines is 1. The summed E-state index contributed by atoms with van der Waals surface area (Å²) in [5.41, 5.74) is 7.70. The second-order valence-electron chi connectivity index (χ2n) is 8.52. The Kier molecular flexibility index (Phi) is 4.70. The van der Waals surface area contributed by atoms with Gasteiger partial charge in [0.15, 0.2) is 0 Å². The van der Waals surface area contributed by atoms with E-state index in [0.29, 0.717) is 0 Å². The van der Waals surface area contributed by atoms with Crippen molar-refractivity contribution in [1.82, 2.24) is 14.4 Å². The molecule has 0 bridgehead atoms. The molecule has 0 spiro atoms. The maximum absolute atomic E-state index is 6.40. The number of ether oxygens (including phenoxy) is 2. The molecule has 2 aliphatic heterocycles. The molecular weight excluding hydrogens is 400 g/mol. The minimum absolute atomic E-state index is 0.0706. The summed E-state index contributed by atoms with van der Waals surface area (Å²) in [6.07, 6.45) is 4.07. The molecule has 0 aliphatic carbocycles. The van der Waals surface area contributed by atoms with Gasteiger partial charge < -0.3 is 18.8 Å². The largest absolute Gasteiger partial charge is 0.378 e. The molecule has 6 nitrogen and oxygen atoms in total. The first-order valence-electron chi connectivity index (χ1n) is 11.2. The van der Waals surface area contributed by atoms with Gasteiger partial charge in [-0.15, -0.1) is 0 Å². The Labute approximate surface area is 187 Å². The van der Waals surface area contributed by atoms with E-state index in [1.807, 2.05) is 6.20 Å². The zero-order valence-electron chi connectivity index (χ0n) is 18.4. The van der Waals surface area contributed by atoms with Gasteiger partial charge >= 0.3 is 0 Å². The van der Waals surface area contributed by atoms with Crippen molar-refractivity contribution in [2.24, 2.45) is 0 Å². The van der Waals surface area contributed by atoms with E-state index in [9.17, 15) is 0 Å². The first-order valence-corrected chi connectivity index (χ1v) is 11.2. The van der Waals surface area contributed by atoms with Gasteiger partial charge in [0, 0.05) is 36.6 Å². The van der Waals surface area contributed by atoms with Crippen LogP contribution in [0.5, 0.6) is 0 Å². The molecule has 1 aromatic carbocycles. The average Bonchev–Trinajstić information content (AvgIpc) is 3.35. The van der Waals surface area contributed by atoms with Crippen LogP contribution in [0.3, 0.4) is 0 Å². The van der Waals surface area contributed by atoms with Gasteiger partial charge in [0.1, 0.15) is 17.6 Å². The number of imidazole rings is 1. The fourth-order valence-electron chi connectivity index (χ4n) is 4.89. The van der Waals surface area contributed by atoms with Crippen LogP contribution in [-0.4, -0.2) is 40.7 Å². The van der Waals surface area contributed by atoms with Gasteiger partial charge in [-0.1, -0.05) is 24.3 Å². The molecule has 5 heterocycles. The lowest BCUT2D eigenvalue weighted by atomic mass is 10.00. The lowest BCUT2D eigenvalue weighted by Crippen LogP contribution is -2.36. The van der Waals surface area contributed by atoms with Crippen molar-refractivity contribution in [3.05, 3.63) is 83.4 Å². The summed E-state index contributed by atoms with van der Waals surface area (Å²) in [6.45, 7) is 7.47. The summed E-state index contributed by atoms with van der Waals surface area (Å²) in [6, 6.07) is 16.9. The van der Waals surface area contributed by atoms with Gasteiger partial charge in [-0.05, 0) is 49.2 Å². The number of morpholine rings is 1. The van der Waals surface area contributed by atoms with Gasteiger partial charge in [-0.3, -0.25) is 0 Å². The first kappa shape index (κ1) is 19.5. The van der Waals surface area contributed by atoms with E-state index < -0.39 is 0 Å². The van der Waals surface area contributed by atoms with Crippen LogP contribution >= 0.6 is 0 Å². The Morgan fingerprint density at radius 1 is 0.938 bits per heavy atom. The number of hydrogen-bond acceptors (Lipinski definition) is 5. The van der Waals surface area contributed by atoms with Gasteiger partial charge in [-0.25, -0.2) is 9.97 Å². The van der Waals surface area contributed by atoms with Crippen LogP contribution in [-0.2, 0) is 9.47 Å². The van der Waals surface area contributed by atoms with Crippen LogP contribution in [0.4, 0.5) is 5.82 Å². The lowest BCUT2D eigenvalue weighted by molar-refractivity contribution is 0.0424. The molecule has 1 fully saturated rings. The zero-order valence-corrected chi connectivity index (χ0v) is 18.4. The van der Waals surface area contributed by atoms with E-state index in [2.05, 4.69) is 77.9 Å². The van der Waals surface area contributed by atoms with E-state index in [-0.39, 0.29) is 12.2 Å². The molecule has 0 unspecified atom stereocenters. The van der Waals surface area contributed by atoms with Gasteiger partial charge in [0.25, 0.3) is 0 Å². The number of aryl methyl sites for hydroxylation is 1. The molecule has 0 radical (unpaired) electrons. The third-order valence-electron chi connectivity index (χ3n) is 6.56. The molecule has 6 heteroatoms. The topological polar surface area (TPSA) is 51.9 Å². The highest BCUT2D eigenvalue weighted by Gasteiger charge is 2.33. The first-order chi connectivity index (χ1) is 15.7. The van der Waals surface area contributed by atoms with Crippen molar-refractivity contribution in [1.29, 1.82) is 0 Å². The molecule has 2 aliphatic rings. The predicted molar refractivity (Wildman–Crippen MR) is 124 cm³/mol. The van der Waals surface area contributed by atoms with E-state index >= 15 is 0 Å². The minimum atomic E-state index is -0.117. The van der Waals surface area contributed by atoms with Crippen molar-refractivity contribution in [3.63, 3.8) is 0 Å². The van der Waals surface area contributed by atoms with Crippen LogP contribution in [0.1, 0.15) is 41.6 Å². The van der Waals surface area contributed by atoms with Gasteiger partial charge in [0.2, 0.25) is 0 Å². The standard InChI is InChI=1S/C26H26N4O2/c1-17-25(26-22-6-4-3-5-21(22)18(2)32-26)30-16-20(8-10-24(30)28-17)19-7-9-23(27-15-19)29-11-13-31-14-12-29/h3-10,15-16,18,26H,11-14H2,1-2H3/t18-,26-/m0/s1. The van der Waals surface area contributed by atoms with Crippen molar-refractivity contribution in [2.45, 2.75) is 26.1 Å². The molecule has 6 rings (SSSR count). The number of fused-ring (bicyclic) bond motifs is 2. The number of nitrogens with zero attached hydrogens (tertiary/aromatic N) is 4. The predicted octanol–water partition coefficient (Wildman–Crippen LogP) is 4.72. The monoisotopic (exact) mass is 426 g/mol. The Morgan fingerprint density at radius 3 is 2.50 bits per heavy atom. The van der Waals surface area contributed by atoms with Crippen LogP contribution in [0, 0.1) is 6.92 Å². The third kappa shape index (κ3) is 3.18. The fraction of sp³-hybridized carbons (Fsp3) is 0.308. The molecule has 32 heavy (non-hydrogen) atoms. The van der Waals surface area contributed by atoms with E-state index in [1.165, 1.54) is 11.1 Å².